The minimum atomic E-state index is -0.336. The summed E-state index contributed by atoms with van der Waals surface area (Å²) in [7, 11) is 0. The molecular formula is C27H26Cl2N2O. The monoisotopic (exact) mass is 464 g/mol. The number of nitrogens with zero attached hydrogens (tertiary/aromatic N) is 1. The van der Waals surface area contributed by atoms with E-state index in [-0.39, 0.29) is 17.2 Å². The summed E-state index contributed by atoms with van der Waals surface area (Å²) in [5, 5.41) is 11.3. The Morgan fingerprint density at radius 2 is 1.69 bits per heavy atom. The number of benzene rings is 2. The second kappa shape index (κ2) is 8.70. The summed E-state index contributed by atoms with van der Waals surface area (Å²) in [6.07, 6.45) is 3.72. The van der Waals surface area contributed by atoms with Gasteiger partial charge in [-0.1, -0.05) is 80.4 Å². The molecule has 2 aliphatic rings. The quantitative estimate of drug-likeness (QED) is 0.497. The van der Waals surface area contributed by atoms with E-state index in [0.717, 1.165) is 40.9 Å². The van der Waals surface area contributed by atoms with E-state index in [1.807, 2.05) is 48.5 Å². The average molecular weight is 465 g/mol. The van der Waals surface area contributed by atoms with E-state index < -0.39 is 0 Å². The van der Waals surface area contributed by atoms with E-state index in [4.69, 9.17) is 33.7 Å². The Labute approximate surface area is 199 Å². The van der Waals surface area contributed by atoms with Crippen LogP contribution in [0.1, 0.15) is 50.7 Å². The van der Waals surface area contributed by atoms with E-state index in [9.17, 15) is 5.26 Å². The maximum absolute atomic E-state index is 9.97. The standard InChI is InChI=1S/C27H26Cl2N2O/c1-27(2,3)18-13-17(12-16-8-4-6-10-22(16)28)25-20(14-18)24(21(15-30)26(31)32-25)19-9-5-7-11-23(19)29/h4-12,18,24H,13-14,31H2,1-3H3/b17-12+/t18-,24+/m1/s1. The topological polar surface area (TPSA) is 59.0 Å². The number of nitrogens with two attached hydrogens (primary N) is 1. The molecule has 0 unspecified atom stereocenters. The maximum atomic E-state index is 9.97. The summed E-state index contributed by atoms with van der Waals surface area (Å²) in [5.41, 5.74) is 10.6. The molecule has 0 aromatic heterocycles. The van der Waals surface area contributed by atoms with Gasteiger partial charge in [0.2, 0.25) is 5.88 Å². The Hall–Kier alpha value is -2.67. The van der Waals surface area contributed by atoms with Crippen LogP contribution >= 0.6 is 23.2 Å². The number of hydrogen-bond acceptors (Lipinski definition) is 3. The predicted molar refractivity (Wildman–Crippen MR) is 131 cm³/mol. The Morgan fingerprint density at radius 1 is 1.03 bits per heavy atom. The van der Waals surface area contributed by atoms with Gasteiger partial charge in [0.15, 0.2) is 0 Å². The van der Waals surface area contributed by atoms with E-state index in [1.54, 1.807) is 0 Å². The van der Waals surface area contributed by atoms with Crippen LogP contribution in [0, 0.1) is 22.7 Å². The molecule has 2 N–H and O–H groups in total. The highest BCUT2D eigenvalue weighted by Gasteiger charge is 2.41. The van der Waals surface area contributed by atoms with Gasteiger partial charge in [-0.25, -0.2) is 0 Å². The highest BCUT2D eigenvalue weighted by molar-refractivity contribution is 6.32. The van der Waals surface area contributed by atoms with Gasteiger partial charge in [0.05, 0.1) is 5.92 Å². The lowest BCUT2D eigenvalue weighted by atomic mass is 9.66. The van der Waals surface area contributed by atoms with Crippen molar-refractivity contribution in [1.29, 1.82) is 5.26 Å². The van der Waals surface area contributed by atoms with Crippen LogP contribution in [0.2, 0.25) is 10.0 Å². The van der Waals surface area contributed by atoms with Crippen molar-refractivity contribution in [3.63, 3.8) is 0 Å². The van der Waals surface area contributed by atoms with Gasteiger partial charge >= 0.3 is 0 Å². The molecule has 0 bridgehead atoms. The van der Waals surface area contributed by atoms with Gasteiger partial charge in [-0.15, -0.1) is 0 Å². The predicted octanol–water partition coefficient (Wildman–Crippen LogP) is 7.59. The molecule has 0 saturated carbocycles. The molecule has 1 heterocycles. The van der Waals surface area contributed by atoms with E-state index >= 15 is 0 Å². The van der Waals surface area contributed by atoms with Crippen molar-refractivity contribution in [2.75, 3.05) is 0 Å². The molecule has 3 nitrogen and oxygen atoms in total. The zero-order valence-electron chi connectivity index (χ0n) is 18.5. The molecule has 32 heavy (non-hydrogen) atoms. The molecule has 2 aromatic carbocycles. The van der Waals surface area contributed by atoms with Gasteiger partial charge in [-0.3, -0.25) is 0 Å². The van der Waals surface area contributed by atoms with Crippen LogP contribution < -0.4 is 5.73 Å². The molecule has 2 aromatic rings. The second-order valence-electron chi connectivity index (χ2n) is 9.46. The molecule has 4 rings (SSSR count). The molecule has 1 aliphatic heterocycles. The molecule has 0 saturated heterocycles. The van der Waals surface area contributed by atoms with Crippen molar-refractivity contribution in [3.05, 3.63) is 98.1 Å². The number of halogens is 2. The summed E-state index contributed by atoms with van der Waals surface area (Å²) in [6.45, 7) is 6.75. The summed E-state index contributed by atoms with van der Waals surface area (Å²) < 4.78 is 6.13. The molecule has 0 radical (unpaired) electrons. The first-order valence-corrected chi connectivity index (χ1v) is 11.5. The maximum Gasteiger partial charge on any atom is 0.205 e. The number of nitriles is 1. The van der Waals surface area contributed by atoms with Crippen LogP contribution in [-0.4, -0.2) is 0 Å². The first-order chi connectivity index (χ1) is 15.2. The second-order valence-corrected chi connectivity index (χ2v) is 10.3. The number of hydrogen-bond donors (Lipinski definition) is 1. The Bertz CT molecular complexity index is 1190. The third kappa shape index (κ3) is 4.18. The smallest absolute Gasteiger partial charge is 0.205 e. The molecule has 164 valence electrons. The molecular weight excluding hydrogens is 439 g/mol. The fraction of sp³-hybridized carbons (Fsp3) is 0.296. The zero-order chi connectivity index (χ0) is 23.0. The summed E-state index contributed by atoms with van der Waals surface area (Å²) in [4.78, 5) is 0. The van der Waals surface area contributed by atoms with Gasteiger partial charge in [0.25, 0.3) is 0 Å². The summed E-state index contributed by atoms with van der Waals surface area (Å²) in [6, 6.07) is 17.7. The highest BCUT2D eigenvalue weighted by Crippen LogP contribution is 2.52. The fourth-order valence-electron chi connectivity index (χ4n) is 4.54. The van der Waals surface area contributed by atoms with Crippen LogP contribution in [-0.2, 0) is 4.74 Å². The summed E-state index contributed by atoms with van der Waals surface area (Å²) in [5.74, 6) is 0.891. The van der Waals surface area contributed by atoms with Gasteiger partial charge in [-0.2, -0.15) is 5.26 Å². The summed E-state index contributed by atoms with van der Waals surface area (Å²) >= 11 is 13.1. The Kier molecular flexibility index (Phi) is 6.12. The molecule has 0 fully saturated rings. The van der Waals surface area contributed by atoms with Crippen molar-refractivity contribution in [3.8, 4) is 6.07 Å². The Balaban J connectivity index is 1.95. The average Bonchev–Trinajstić information content (AvgIpc) is 2.74. The van der Waals surface area contributed by atoms with Crippen molar-refractivity contribution in [1.82, 2.24) is 0 Å². The van der Waals surface area contributed by atoms with Crippen molar-refractivity contribution in [2.45, 2.75) is 39.5 Å². The van der Waals surface area contributed by atoms with Crippen molar-refractivity contribution in [2.24, 2.45) is 17.1 Å². The molecule has 1 aliphatic carbocycles. The third-order valence-electron chi connectivity index (χ3n) is 6.43. The van der Waals surface area contributed by atoms with Gasteiger partial charge in [0, 0.05) is 10.0 Å². The first-order valence-electron chi connectivity index (χ1n) is 10.7. The van der Waals surface area contributed by atoms with Crippen LogP contribution in [0.25, 0.3) is 6.08 Å². The minimum Gasteiger partial charge on any atom is -0.440 e. The molecule has 5 heteroatoms. The molecule has 0 spiro atoms. The van der Waals surface area contributed by atoms with E-state index in [2.05, 4.69) is 32.9 Å². The number of rotatable bonds is 2. The molecule has 2 atom stereocenters. The lowest BCUT2D eigenvalue weighted by Crippen LogP contribution is -2.31. The van der Waals surface area contributed by atoms with Crippen molar-refractivity contribution >= 4 is 29.3 Å². The van der Waals surface area contributed by atoms with Gasteiger partial charge in [0.1, 0.15) is 17.4 Å². The number of ether oxygens (including phenoxy) is 1. The zero-order valence-corrected chi connectivity index (χ0v) is 20.0. The number of allylic oxidation sites excluding steroid dienone is 3. The first kappa shape index (κ1) is 22.5. The van der Waals surface area contributed by atoms with Crippen LogP contribution in [0.4, 0.5) is 0 Å². The van der Waals surface area contributed by atoms with E-state index in [0.29, 0.717) is 21.5 Å². The lowest BCUT2D eigenvalue weighted by Gasteiger charge is -2.41. The Morgan fingerprint density at radius 3 is 2.31 bits per heavy atom. The fourth-order valence-corrected chi connectivity index (χ4v) is 4.98. The van der Waals surface area contributed by atoms with Crippen LogP contribution in [0.15, 0.2) is 76.9 Å². The highest BCUT2D eigenvalue weighted by atomic mass is 35.5. The third-order valence-corrected chi connectivity index (χ3v) is 7.12. The molecule has 0 amide bonds. The SMILES string of the molecule is CC(C)(C)[C@H]1CC2=C(OC(N)=C(C#N)[C@H]2c2ccccc2Cl)/C(=C/c2ccccc2Cl)C1. The van der Waals surface area contributed by atoms with Gasteiger partial charge < -0.3 is 10.5 Å². The van der Waals surface area contributed by atoms with Crippen molar-refractivity contribution < 1.29 is 4.74 Å². The minimum absolute atomic E-state index is 0.0582. The van der Waals surface area contributed by atoms with Crippen LogP contribution in [0.5, 0.6) is 0 Å². The van der Waals surface area contributed by atoms with Gasteiger partial charge in [-0.05, 0) is 64.7 Å². The lowest BCUT2D eigenvalue weighted by molar-refractivity contribution is 0.200. The largest absolute Gasteiger partial charge is 0.440 e. The van der Waals surface area contributed by atoms with E-state index in [1.165, 1.54) is 0 Å². The normalized spacial score (nSPS) is 22.4. The van der Waals surface area contributed by atoms with Crippen LogP contribution in [0.3, 0.4) is 0 Å².